The van der Waals surface area contributed by atoms with Gasteiger partial charge < -0.3 is 26.2 Å². The molecular formula is C50H65N7O8. The molecule has 2 fully saturated rings. The fraction of sp³-hybridized carbons (Fsp3) is 0.520. The number of hydrogen-bond acceptors (Lipinski definition) is 10. The van der Waals surface area contributed by atoms with Crippen LogP contribution in [0.3, 0.4) is 0 Å². The van der Waals surface area contributed by atoms with E-state index in [0.29, 0.717) is 12.1 Å². The SMILES string of the molecule is CCC[C@H](CC(=O)[C@@H]1CN(C(=O)Nc2ccccc2)C[C@@H]1NC(=O)[C@@H](CC(=O)[C@@H](NC(=O)c1cnccn1)C1CCCCC1)C(C)(C)C)C(=O)C(=O)CCC(=O)N[C@H](C)c1ccccc1. The summed E-state index contributed by atoms with van der Waals surface area (Å²) in [5.41, 5.74) is 0.763. The van der Waals surface area contributed by atoms with E-state index in [1.165, 1.54) is 23.5 Å². The van der Waals surface area contributed by atoms with Crippen LogP contribution in [0.4, 0.5) is 10.5 Å². The predicted molar refractivity (Wildman–Crippen MR) is 245 cm³/mol. The number of nitrogens with zero attached hydrogens (tertiary/aromatic N) is 3. The molecule has 1 aromatic heterocycles. The number of aromatic nitrogens is 2. The average Bonchev–Trinajstić information content (AvgIpc) is 3.73. The number of para-hydroxylation sites is 1. The van der Waals surface area contributed by atoms with E-state index in [1.54, 1.807) is 24.3 Å². The fourth-order valence-electron chi connectivity index (χ4n) is 8.92. The average molecular weight is 892 g/mol. The zero-order valence-electron chi connectivity index (χ0n) is 38.3. The number of Topliss-reactive ketones (excluding diaryl/α,β-unsaturated/α-hetero) is 4. The molecule has 0 unspecified atom stereocenters. The summed E-state index contributed by atoms with van der Waals surface area (Å²) >= 11 is 0. The van der Waals surface area contributed by atoms with Crippen molar-refractivity contribution < 1.29 is 38.4 Å². The van der Waals surface area contributed by atoms with Gasteiger partial charge in [0, 0.05) is 68.7 Å². The number of hydrogen-bond donors (Lipinski definition) is 4. The Labute approximate surface area is 382 Å². The van der Waals surface area contributed by atoms with Crippen molar-refractivity contribution in [1.82, 2.24) is 30.8 Å². The third-order valence-electron chi connectivity index (χ3n) is 12.7. The number of anilines is 1. The molecule has 15 heteroatoms. The van der Waals surface area contributed by atoms with E-state index in [9.17, 15) is 38.4 Å². The van der Waals surface area contributed by atoms with Crippen LogP contribution in [0.15, 0.2) is 79.3 Å². The summed E-state index contributed by atoms with van der Waals surface area (Å²) in [6, 6.07) is 15.6. The molecule has 65 heavy (non-hydrogen) atoms. The minimum absolute atomic E-state index is 0.0354. The summed E-state index contributed by atoms with van der Waals surface area (Å²) in [6.07, 6.45) is 8.29. The largest absolute Gasteiger partial charge is 0.351 e. The zero-order chi connectivity index (χ0) is 47.1. The molecule has 15 nitrogen and oxygen atoms in total. The van der Waals surface area contributed by atoms with Gasteiger partial charge in [0.05, 0.1) is 30.2 Å². The molecule has 2 aliphatic rings. The van der Waals surface area contributed by atoms with E-state index in [2.05, 4.69) is 31.2 Å². The Morgan fingerprint density at radius 3 is 2.12 bits per heavy atom. The van der Waals surface area contributed by atoms with Gasteiger partial charge in [0.25, 0.3) is 5.91 Å². The molecule has 5 rings (SSSR count). The lowest BCUT2D eigenvalue weighted by Gasteiger charge is -2.34. The highest BCUT2D eigenvalue weighted by Crippen LogP contribution is 2.34. The number of amides is 5. The van der Waals surface area contributed by atoms with Crippen LogP contribution < -0.4 is 21.3 Å². The van der Waals surface area contributed by atoms with E-state index in [-0.39, 0.29) is 74.5 Å². The van der Waals surface area contributed by atoms with Crippen LogP contribution >= 0.6 is 0 Å². The minimum atomic E-state index is -0.955. The van der Waals surface area contributed by atoms with E-state index >= 15 is 0 Å². The topological polar surface area (TPSA) is 214 Å². The highest BCUT2D eigenvalue weighted by molar-refractivity contribution is 6.38. The van der Waals surface area contributed by atoms with Gasteiger partial charge in [-0.1, -0.05) is 102 Å². The second kappa shape index (κ2) is 23.7. The molecule has 5 amide bonds. The quantitative estimate of drug-likeness (QED) is 0.0842. The van der Waals surface area contributed by atoms with Gasteiger partial charge in [-0.25, -0.2) is 9.78 Å². The fourth-order valence-corrected chi connectivity index (χ4v) is 8.92. The van der Waals surface area contributed by atoms with Gasteiger partial charge in [-0.05, 0) is 55.2 Å². The van der Waals surface area contributed by atoms with Crippen LogP contribution in [0.5, 0.6) is 0 Å². The van der Waals surface area contributed by atoms with E-state index in [4.69, 9.17) is 0 Å². The second-order valence-electron chi connectivity index (χ2n) is 18.6. The van der Waals surface area contributed by atoms with E-state index in [0.717, 1.165) is 37.7 Å². The lowest BCUT2D eigenvalue weighted by molar-refractivity contribution is -0.141. The standard InChI is InChI=1S/C50H65N7O8/c1-6-16-35(46(62)41(58)23-24-44(61)53-32(2)33-17-10-7-11-18-33)27-42(59)37-30-57(49(65)54-36-21-14-9-15-22-36)31-40(37)55-47(63)38(50(3,4)5)28-43(60)45(34-19-12-8-13-20-34)56-48(64)39-29-51-25-26-52-39/h7,9-11,14-15,17-18,21-22,25-26,29,32,34-35,37-38,40,45H,6,8,12-13,16,19-20,23-24,27-28,30-31H2,1-5H3,(H,53,61)(H,54,65)(H,55,63)(H,56,64)/t32-,35-,37-,38-,40+,45+/m1/s1. The monoisotopic (exact) mass is 891 g/mol. The number of carbonyl (C=O) groups excluding carboxylic acids is 8. The number of nitrogens with one attached hydrogen (secondary N) is 4. The van der Waals surface area contributed by atoms with Gasteiger partial charge in [-0.15, -0.1) is 0 Å². The first kappa shape index (κ1) is 49.9. The first-order chi connectivity index (χ1) is 31.0. The van der Waals surface area contributed by atoms with E-state index < -0.39 is 70.4 Å². The van der Waals surface area contributed by atoms with Gasteiger partial charge in [0.2, 0.25) is 17.6 Å². The van der Waals surface area contributed by atoms with Crippen molar-refractivity contribution in [3.63, 3.8) is 0 Å². The summed E-state index contributed by atoms with van der Waals surface area (Å²) in [5, 5.41) is 11.7. The number of rotatable bonds is 21. The van der Waals surface area contributed by atoms with Crippen LogP contribution in [-0.4, -0.2) is 86.9 Å². The van der Waals surface area contributed by atoms with Crippen molar-refractivity contribution in [1.29, 1.82) is 0 Å². The highest BCUT2D eigenvalue weighted by Gasteiger charge is 2.45. The maximum absolute atomic E-state index is 14.5. The molecule has 348 valence electrons. The summed E-state index contributed by atoms with van der Waals surface area (Å²) < 4.78 is 0. The molecule has 1 saturated heterocycles. The summed E-state index contributed by atoms with van der Waals surface area (Å²) in [4.78, 5) is 119. The van der Waals surface area contributed by atoms with Crippen LogP contribution in [0.2, 0.25) is 0 Å². The molecule has 6 atom stereocenters. The van der Waals surface area contributed by atoms with Crippen LogP contribution in [0, 0.1) is 29.1 Å². The lowest BCUT2D eigenvalue weighted by Crippen LogP contribution is -2.51. The van der Waals surface area contributed by atoms with Crippen LogP contribution in [-0.2, 0) is 28.8 Å². The molecule has 1 saturated carbocycles. The Morgan fingerprint density at radius 2 is 1.49 bits per heavy atom. The highest BCUT2D eigenvalue weighted by atomic mass is 16.2. The summed E-state index contributed by atoms with van der Waals surface area (Å²) in [5.74, 6) is -6.46. The molecule has 2 heterocycles. The first-order valence-electron chi connectivity index (χ1n) is 23.0. The van der Waals surface area contributed by atoms with Crippen molar-refractivity contribution in [2.24, 2.45) is 29.1 Å². The molecule has 1 aliphatic carbocycles. The Bertz CT molecular complexity index is 2120. The number of carbonyl (C=O) groups is 8. The third-order valence-corrected chi connectivity index (χ3v) is 12.7. The molecular weight excluding hydrogens is 827 g/mol. The second-order valence-corrected chi connectivity index (χ2v) is 18.6. The first-order valence-corrected chi connectivity index (χ1v) is 23.0. The number of urea groups is 1. The lowest BCUT2D eigenvalue weighted by atomic mass is 9.74. The number of benzene rings is 2. The van der Waals surface area contributed by atoms with Crippen LogP contribution in [0.25, 0.3) is 0 Å². The number of likely N-dealkylation sites (tertiary alicyclic amines) is 1. The van der Waals surface area contributed by atoms with Gasteiger partial charge >= 0.3 is 6.03 Å². The minimum Gasteiger partial charge on any atom is -0.351 e. The summed E-state index contributed by atoms with van der Waals surface area (Å²) in [7, 11) is 0. The van der Waals surface area contributed by atoms with Gasteiger partial charge in [-0.2, -0.15) is 0 Å². The molecule has 2 aromatic carbocycles. The van der Waals surface area contributed by atoms with E-state index in [1.807, 2.05) is 71.0 Å². The molecule has 1 aliphatic heterocycles. The Kier molecular flexibility index (Phi) is 18.2. The molecule has 0 spiro atoms. The third kappa shape index (κ3) is 14.4. The maximum Gasteiger partial charge on any atom is 0.321 e. The maximum atomic E-state index is 14.5. The van der Waals surface area contributed by atoms with Gasteiger partial charge in [0.1, 0.15) is 11.5 Å². The van der Waals surface area contributed by atoms with Gasteiger partial charge in [-0.3, -0.25) is 38.5 Å². The number of ketones is 4. The zero-order valence-corrected chi connectivity index (χ0v) is 38.3. The van der Waals surface area contributed by atoms with Crippen molar-refractivity contribution >= 4 is 52.6 Å². The predicted octanol–water partition coefficient (Wildman–Crippen LogP) is 6.60. The van der Waals surface area contributed by atoms with Crippen molar-refractivity contribution in [2.45, 2.75) is 123 Å². The van der Waals surface area contributed by atoms with Crippen molar-refractivity contribution in [3.8, 4) is 0 Å². The molecule has 0 bridgehead atoms. The van der Waals surface area contributed by atoms with Crippen molar-refractivity contribution in [3.05, 3.63) is 90.5 Å². The Morgan fingerprint density at radius 1 is 0.815 bits per heavy atom. The molecule has 0 radical (unpaired) electrons. The molecule has 4 N–H and O–H groups in total. The van der Waals surface area contributed by atoms with Gasteiger partial charge in [0.15, 0.2) is 11.6 Å². The smallest absolute Gasteiger partial charge is 0.321 e. The summed E-state index contributed by atoms with van der Waals surface area (Å²) in [6.45, 7) is 9.11. The van der Waals surface area contributed by atoms with Crippen LogP contribution in [0.1, 0.15) is 127 Å². The normalized spacial score (nSPS) is 18.3. The Hall–Kier alpha value is -6.12. The Balaban J connectivity index is 1.31. The van der Waals surface area contributed by atoms with Crippen molar-refractivity contribution in [2.75, 3.05) is 18.4 Å². The molecule has 3 aromatic rings.